The van der Waals surface area contributed by atoms with Gasteiger partial charge in [-0.05, 0) is 24.5 Å². The van der Waals surface area contributed by atoms with E-state index in [9.17, 15) is 0 Å². The van der Waals surface area contributed by atoms with Crippen molar-refractivity contribution < 1.29 is 0 Å². The van der Waals surface area contributed by atoms with Gasteiger partial charge in [-0.25, -0.2) is 4.98 Å². The third-order valence-electron chi connectivity index (χ3n) is 5.46. The predicted molar refractivity (Wildman–Crippen MR) is 131 cm³/mol. The predicted octanol–water partition coefficient (Wildman–Crippen LogP) is 4.21. The highest BCUT2D eigenvalue weighted by Crippen LogP contribution is 2.28. The summed E-state index contributed by atoms with van der Waals surface area (Å²) in [6.07, 6.45) is 9.10. The number of aromatic amines is 1. The molecule has 2 aromatic heterocycles. The van der Waals surface area contributed by atoms with E-state index in [1.165, 1.54) is 25.7 Å². The van der Waals surface area contributed by atoms with Gasteiger partial charge in [-0.3, -0.25) is 9.67 Å². The number of imidazole rings is 1. The van der Waals surface area contributed by atoms with Crippen molar-refractivity contribution in [2.75, 3.05) is 14.1 Å². The summed E-state index contributed by atoms with van der Waals surface area (Å²) in [7, 11) is 3.81. The fourth-order valence-electron chi connectivity index (χ4n) is 3.90. The molecule has 1 fully saturated rings. The van der Waals surface area contributed by atoms with Crippen molar-refractivity contribution in [2.24, 2.45) is 4.99 Å². The first-order valence-corrected chi connectivity index (χ1v) is 10.3. The van der Waals surface area contributed by atoms with Crippen LogP contribution in [0.3, 0.4) is 0 Å². The first-order valence-electron chi connectivity index (χ1n) is 10.3. The maximum atomic E-state index is 4.74. The van der Waals surface area contributed by atoms with Gasteiger partial charge in [0.1, 0.15) is 5.82 Å². The molecule has 0 amide bonds. The Morgan fingerprint density at radius 2 is 2.00 bits per heavy atom. The topological polar surface area (TPSA) is 74.1 Å². The summed E-state index contributed by atoms with van der Waals surface area (Å²) in [6, 6.07) is 12.9. The van der Waals surface area contributed by atoms with Crippen molar-refractivity contribution in [3.8, 4) is 11.3 Å². The zero-order valence-corrected chi connectivity index (χ0v) is 19.9. The number of hydrogen-bond acceptors (Lipinski definition) is 3. The Bertz CT molecular complexity index is 941. The van der Waals surface area contributed by atoms with Gasteiger partial charge in [0.05, 0.1) is 36.7 Å². The Labute approximate surface area is 195 Å². The number of H-pyrrole nitrogens is 1. The molecule has 30 heavy (non-hydrogen) atoms. The SMILES string of the molecule is CN=C(NCc1ccn(C2CCCC2)n1)N(C)Cc1ncc(-c2ccccc2)[nH]1.I. The van der Waals surface area contributed by atoms with Crippen LogP contribution in [0.25, 0.3) is 11.3 Å². The van der Waals surface area contributed by atoms with E-state index in [0.29, 0.717) is 19.1 Å². The molecule has 2 heterocycles. The molecule has 0 spiro atoms. The van der Waals surface area contributed by atoms with Gasteiger partial charge < -0.3 is 15.2 Å². The number of rotatable bonds is 6. The van der Waals surface area contributed by atoms with Crippen molar-refractivity contribution in [1.82, 2.24) is 30.0 Å². The van der Waals surface area contributed by atoms with Crippen LogP contribution in [0.5, 0.6) is 0 Å². The van der Waals surface area contributed by atoms with Crippen molar-refractivity contribution in [3.63, 3.8) is 0 Å². The monoisotopic (exact) mass is 519 g/mol. The van der Waals surface area contributed by atoms with Gasteiger partial charge in [-0.15, -0.1) is 24.0 Å². The molecular weight excluding hydrogens is 489 g/mol. The smallest absolute Gasteiger partial charge is 0.194 e. The molecule has 0 radical (unpaired) electrons. The number of nitrogens with one attached hydrogen (secondary N) is 2. The van der Waals surface area contributed by atoms with Crippen LogP contribution in [-0.4, -0.2) is 44.7 Å². The molecule has 0 unspecified atom stereocenters. The Hall–Kier alpha value is -2.36. The van der Waals surface area contributed by atoms with Crippen LogP contribution in [-0.2, 0) is 13.1 Å². The summed E-state index contributed by atoms with van der Waals surface area (Å²) in [6.45, 7) is 1.30. The molecule has 4 rings (SSSR count). The molecule has 1 aromatic carbocycles. The Morgan fingerprint density at radius 1 is 1.23 bits per heavy atom. The Balaban J connectivity index is 0.00000256. The summed E-state index contributed by atoms with van der Waals surface area (Å²) >= 11 is 0. The molecule has 0 bridgehead atoms. The molecule has 0 saturated heterocycles. The number of guanidine groups is 1. The molecule has 1 aliphatic rings. The third-order valence-corrected chi connectivity index (χ3v) is 5.46. The molecule has 7 nitrogen and oxygen atoms in total. The standard InChI is InChI=1S/C22H29N7.HI/c1-23-22(25-14-18-12-13-29(27-18)19-10-6-7-11-19)28(2)16-21-24-15-20(26-21)17-8-4-3-5-9-17;/h3-5,8-9,12-13,15,19H,6-7,10-11,14,16H2,1-2H3,(H,23,25)(H,24,26);1H. The van der Waals surface area contributed by atoms with Crippen LogP contribution in [0.2, 0.25) is 0 Å². The molecule has 160 valence electrons. The highest BCUT2D eigenvalue weighted by Gasteiger charge is 2.17. The van der Waals surface area contributed by atoms with Crippen LogP contribution in [0.1, 0.15) is 43.2 Å². The lowest BCUT2D eigenvalue weighted by Crippen LogP contribution is -2.38. The highest BCUT2D eigenvalue weighted by molar-refractivity contribution is 14.0. The largest absolute Gasteiger partial charge is 0.351 e. The van der Waals surface area contributed by atoms with Gasteiger partial charge >= 0.3 is 0 Å². The number of halogens is 1. The second-order valence-electron chi connectivity index (χ2n) is 7.59. The minimum absolute atomic E-state index is 0. The lowest BCUT2D eigenvalue weighted by atomic mass is 10.2. The summed E-state index contributed by atoms with van der Waals surface area (Å²) in [5.41, 5.74) is 3.19. The molecular formula is C22H30IN7. The molecule has 2 N–H and O–H groups in total. The number of nitrogens with zero attached hydrogens (tertiary/aromatic N) is 5. The summed E-state index contributed by atoms with van der Waals surface area (Å²) in [5.74, 6) is 1.72. The number of aliphatic imine (C=N–C) groups is 1. The second-order valence-corrected chi connectivity index (χ2v) is 7.59. The fraction of sp³-hybridized carbons (Fsp3) is 0.409. The summed E-state index contributed by atoms with van der Waals surface area (Å²) in [5, 5.41) is 8.15. The third kappa shape index (κ3) is 5.41. The van der Waals surface area contributed by atoms with Crippen LogP contribution < -0.4 is 5.32 Å². The number of aromatic nitrogens is 4. The van der Waals surface area contributed by atoms with E-state index in [4.69, 9.17) is 5.10 Å². The van der Waals surface area contributed by atoms with E-state index >= 15 is 0 Å². The molecule has 0 aliphatic heterocycles. The van der Waals surface area contributed by atoms with Crippen molar-refractivity contribution in [2.45, 2.75) is 44.8 Å². The first kappa shape index (κ1) is 22.3. The van der Waals surface area contributed by atoms with Crippen LogP contribution in [0.15, 0.2) is 53.8 Å². The quantitative estimate of drug-likeness (QED) is 0.291. The lowest BCUT2D eigenvalue weighted by Gasteiger charge is -2.20. The average Bonchev–Trinajstić information content (AvgIpc) is 3.50. The van der Waals surface area contributed by atoms with E-state index in [-0.39, 0.29) is 24.0 Å². The van der Waals surface area contributed by atoms with E-state index in [2.05, 4.69) is 54.3 Å². The van der Waals surface area contributed by atoms with Gasteiger partial charge in [0.25, 0.3) is 0 Å². The minimum Gasteiger partial charge on any atom is -0.351 e. The van der Waals surface area contributed by atoms with E-state index < -0.39 is 0 Å². The normalized spacial score (nSPS) is 14.5. The van der Waals surface area contributed by atoms with Crippen LogP contribution >= 0.6 is 24.0 Å². The van der Waals surface area contributed by atoms with Gasteiger partial charge in [-0.1, -0.05) is 43.2 Å². The molecule has 3 aromatic rings. The van der Waals surface area contributed by atoms with E-state index in [1.807, 2.05) is 31.4 Å². The van der Waals surface area contributed by atoms with Crippen LogP contribution in [0.4, 0.5) is 0 Å². The highest BCUT2D eigenvalue weighted by atomic mass is 127. The number of benzene rings is 1. The molecule has 8 heteroatoms. The van der Waals surface area contributed by atoms with Gasteiger partial charge in [0, 0.05) is 20.3 Å². The molecule has 1 aliphatic carbocycles. The van der Waals surface area contributed by atoms with Crippen molar-refractivity contribution in [1.29, 1.82) is 0 Å². The Morgan fingerprint density at radius 3 is 2.73 bits per heavy atom. The maximum Gasteiger partial charge on any atom is 0.194 e. The summed E-state index contributed by atoms with van der Waals surface area (Å²) < 4.78 is 2.13. The minimum atomic E-state index is 0. The zero-order valence-electron chi connectivity index (χ0n) is 17.6. The van der Waals surface area contributed by atoms with Gasteiger partial charge in [-0.2, -0.15) is 5.10 Å². The maximum absolute atomic E-state index is 4.74. The summed E-state index contributed by atoms with van der Waals surface area (Å²) in [4.78, 5) is 14.4. The number of hydrogen-bond donors (Lipinski definition) is 2. The lowest BCUT2D eigenvalue weighted by molar-refractivity contribution is 0.454. The zero-order chi connectivity index (χ0) is 20.1. The second kappa shape index (κ2) is 10.6. The Kier molecular flexibility index (Phi) is 7.89. The average molecular weight is 519 g/mol. The molecule has 1 saturated carbocycles. The first-order chi connectivity index (χ1) is 14.2. The van der Waals surface area contributed by atoms with Gasteiger partial charge in [0.15, 0.2) is 5.96 Å². The van der Waals surface area contributed by atoms with Gasteiger partial charge in [0.2, 0.25) is 0 Å². The molecule has 0 atom stereocenters. The van der Waals surface area contributed by atoms with Crippen molar-refractivity contribution in [3.05, 3.63) is 60.3 Å². The van der Waals surface area contributed by atoms with Crippen molar-refractivity contribution >= 4 is 29.9 Å². The van der Waals surface area contributed by atoms with E-state index in [0.717, 1.165) is 28.7 Å². The van der Waals surface area contributed by atoms with Crippen LogP contribution in [0, 0.1) is 0 Å². The fourth-order valence-corrected chi connectivity index (χ4v) is 3.90. The van der Waals surface area contributed by atoms with E-state index in [1.54, 1.807) is 7.05 Å².